The van der Waals surface area contributed by atoms with E-state index in [1.807, 2.05) is 38.3 Å². The molecule has 1 aromatic rings. The Morgan fingerprint density at radius 1 is 1.53 bits per heavy atom. The fourth-order valence-electron chi connectivity index (χ4n) is 1.05. The van der Waals surface area contributed by atoms with E-state index in [9.17, 15) is 4.79 Å². The molecule has 0 saturated carbocycles. The number of ether oxygens (including phenoxy) is 1. The van der Waals surface area contributed by atoms with Crippen molar-refractivity contribution < 1.29 is 9.53 Å². The molecular formula is C12H16O2S. The molecule has 0 spiro atoms. The van der Waals surface area contributed by atoms with Crippen molar-refractivity contribution in [3.8, 4) is 0 Å². The monoisotopic (exact) mass is 224 g/mol. The van der Waals surface area contributed by atoms with Gasteiger partial charge in [0.15, 0.2) is 0 Å². The Kier molecular flexibility index (Phi) is 3.69. The zero-order chi connectivity index (χ0) is 11.5. The van der Waals surface area contributed by atoms with E-state index in [1.165, 1.54) is 0 Å². The summed E-state index contributed by atoms with van der Waals surface area (Å²) in [5.41, 5.74) is 0.0579. The standard InChI is InChI=1S/C12H16O2S/c1-9(8-10-6-5-7-15-10)11(13)14-12(2,3)4/h5-7H,1,8H2,2-4H3. The number of rotatable bonds is 3. The van der Waals surface area contributed by atoms with Crippen LogP contribution in [0.25, 0.3) is 0 Å². The average molecular weight is 224 g/mol. The Labute approximate surface area is 94.6 Å². The molecule has 0 radical (unpaired) electrons. The van der Waals surface area contributed by atoms with Gasteiger partial charge in [-0.2, -0.15) is 0 Å². The molecular weight excluding hydrogens is 208 g/mol. The predicted octanol–water partition coefficient (Wildman–Crippen LogP) is 3.19. The smallest absolute Gasteiger partial charge is 0.334 e. The van der Waals surface area contributed by atoms with Crippen LogP contribution < -0.4 is 0 Å². The lowest BCUT2D eigenvalue weighted by atomic mass is 10.1. The summed E-state index contributed by atoms with van der Waals surface area (Å²) >= 11 is 1.62. The van der Waals surface area contributed by atoms with Crippen molar-refractivity contribution in [3.05, 3.63) is 34.5 Å². The van der Waals surface area contributed by atoms with Crippen LogP contribution in [0.15, 0.2) is 29.7 Å². The molecule has 1 rings (SSSR count). The number of hydrogen-bond donors (Lipinski definition) is 0. The Balaban J connectivity index is 2.51. The molecule has 2 nitrogen and oxygen atoms in total. The van der Waals surface area contributed by atoms with E-state index in [0.717, 1.165) is 4.88 Å². The van der Waals surface area contributed by atoms with Gasteiger partial charge in [0.05, 0.1) is 0 Å². The van der Waals surface area contributed by atoms with Crippen LogP contribution in [0.4, 0.5) is 0 Å². The van der Waals surface area contributed by atoms with Crippen LogP contribution in [-0.2, 0) is 16.0 Å². The summed E-state index contributed by atoms with van der Waals surface area (Å²) in [6.45, 7) is 9.30. The van der Waals surface area contributed by atoms with Crippen molar-refractivity contribution in [2.45, 2.75) is 32.8 Å². The number of hydrogen-bond acceptors (Lipinski definition) is 3. The number of thiophene rings is 1. The van der Waals surface area contributed by atoms with Crippen molar-refractivity contribution in [2.24, 2.45) is 0 Å². The Morgan fingerprint density at radius 3 is 2.67 bits per heavy atom. The SMILES string of the molecule is C=C(Cc1cccs1)C(=O)OC(C)(C)C. The highest BCUT2D eigenvalue weighted by atomic mass is 32.1. The molecule has 0 atom stereocenters. The van der Waals surface area contributed by atoms with Crippen molar-refractivity contribution in [3.63, 3.8) is 0 Å². The van der Waals surface area contributed by atoms with E-state index in [0.29, 0.717) is 12.0 Å². The van der Waals surface area contributed by atoms with Gasteiger partial charge >= 0.3 is 5.97 Å². The van der Waals surface area contributed by atoms with E-state index >= 15 is 0 Å². The van der Waals surface area contributed by atoms with E-state index in [2.05, 4.69) is 6.58 Å². The van der Waals surface area contributed by atoms with Crippen molar-refractivity contribution in [1.29, 1.82) is 0 Å². The third-order valence-corrected chi connectivity index (χ3v) is 2.53. The zero-order valence-corrected chi connectivity index (χ0v) is 10.2. The molecule has 15 heavy (non-hydrogen) atoms. The largest absolute Gasteiger partial charge is 0.457 e. The molecule has 0 amide bonds. The van der Waals surface area contributed by atoms with Gasteiger partial charge in [0.2, 0.25) is 0 Å². The van der Waals surface area contributed by atoms with Crippen molar-refractivity contribution >= 4 is 17.3 Å². The van der Waals surface area contributed by atoms with Crippen LogP contribution >= 0.6 is 11.3 Å². The van der Waals surface area contributed by atoms with Gasteiger partial charge in [0.25, 0.3) is 0 Å². The van der Waals surface area contributed by atoms with Crippen LogP contribution in [0.2, 0.25) is 0 Å². The van der Waals surface area contributed by atoms with E-state index in [4.69, 9.17) is 4.74 Å². The van der Waals surface area contributed by atoms with Crippen LogP contribution in [0.3, 0.4) is 0 Å². The molecule has 0 aromatic carbocycles. The lowest BCUT2D eigenvalue weighted by molar-refractivity contribution is -0.149. The van der Waals surface area contributed by atoms with E-state index in [1.54, 1.807) is 11.3 Å². The lowest BCUT2D eigenvalue weighted by Gasteiger charge is -2.20. The molecule has 0 aliphatic heterocycles. The topological polar surface area (TPSA) is 26.3 Å². The molecule has 0 bridgehead atoms. The van der Waals surface area contributed by atoms with Gasteiger partial charge in [0.1, 0.15) is 5.60 Å². The van der Waals surface area contributed by atoms with Gasteiger partial charge in [-0.3, -0.25) is 0 Å². The summed E-state index contributed by atoms with van der Waals surface area (Å²) in [4.78, 5) is 12.7. The highest BCUT2D eigenvalue weighted by Gasteiger charge is 2.18. The second-order valence-corrected chi connectivity index (χ2v) is 5.39. The second-order valence-electron chi connectivity index (χ2n) is 4.36. The first kappa shape index (κ1) is 12.0. The maximum absolute atomic E-state index is 11.6. The maximum atomic E-state index is 11.6. The summed E-state index contributed by atoms with van der Waals surface area (Å²) in [5, 5.41) is 1.98. The molecule has 0 fully saturated rings. The Hall–Kier alpha value is -1.09. The molecule has 82 valence electrons. The van der Waals surface area contributed by atoms with Crippen molar-refractivity contribution in [1.82, 2.24) is 0 Å². The third-order valence-electron chi connectivity index (χ3n) is 1.66. The maximum Gasteiger partial charge on any atom is 0.334 e. The first-order chi connectivity index (χ1) is 6.88. The van der Waals surface area contributed by atoms with Gasteiger partial charge in [0, 0.05) is 16.9 Å². The Bertz CT molecular complexity index is 344. The highest BCUT2D eigenvalue weighted by molar-refractivity contribution is 7.09. The number of esters is 1. The number of carbonyl (C=O) groups is 1. The molecule has 0 aliphatic carbocycles. The van der Waals surface area contributed by atoms with Crippen LogP contribution in [0.5, 0.6) is 0 Å². The minimum atomic E-state index is -0.449. The lowest BCUT2D eigenvalue weighted by Crippen LogP contribution is -2.25. The number of carbonyl (C=O) groups excluding carboxylic acids is 1. The molecule has 0 unspecified atom stereocenters. The molecule has 1 aromatic heterocycles. The first-order valence-electron chi connectivity index (χ1n) is 4.82. The first-order valence-corrected chi connectivity index (χ1v) is 5.70. The van der Waals surface area contributed by atoms with Gasteiger partial charge in [-0.25, -0.2) is 4.79 Å². The fourth-order valence-corrected chi connectivity index (χ4v) is 1.79. The molecule has 0 N–H and O–H groups in total. The van der Waals surface area contributed by atoms with Crippen molar-refractivity contribution in [2.75, 3.05) is 0 Å². The summed E-state index contributed by atoms with van der Waals surface area (Å²) in [6.07, 6.45) is 0.576. The summed E-state index contributed by atoms with van der Waals surface area (Å²) < 4.78 is 5.21. The summed E-state index contributed by atoms with van der Waals surface area (Å²) in [6, 6.07) is 3.95. The molecule has 1 heterocycles. The van der Waals surface area contributed by atoms with Gasteiger partial charge in [-0.15, -0.1) is 11.3 Å². The van der Waals surface area contributed by atoms with Gasteiger partial charge in [-0.1, -0.05) is 12.6 Å². The second kappa shape index (κ2) is 4.62. The average Bonchev–Trinajstić information content (AvgIpc) is 2.53. The fraction of sp³-hybridized carbons (Fsp3) is 0.417. The van der Waals surface area contributed by atoms with Crippen LogP contribution in [-0.4, -0.2) is 11.6 Å². The minimum Gasteiger partial charge on any atom is -0.457 e. The quantitative estimate of drug-likeness (QED) is 0.582. The third kappa shape index (κ3) is 4.30. The highest BCUT2D eigenvalue weighted by Crippen LogP contribution is 2.16. The normalized spacial score (nSPS) is 11.1. The van der Waals surface area contributed by atoms with Crippen LogP contribution in [0.1, 0.15) is 25.6 Å². The van der Waals surface area contributed by atoms with E-state index in [-0.39, 0.29) is 5.97 Å². The van der Waals surface area contributed by atoms with Crippen LogP contribution in [0, 0.1) is 0 Å². The molecule has 0 saturated heterocycles. The molecule has 0 aliphatic rings. The molecule has 3 heteroatoms. The van der Waals surface area contributed by atoms with E-state index < -0.39 is 5.60 Å². The summed E-state index contributed by atoms with van der Waals surface area (Å²) in [7, 11) is 0. The van der Waals surface area contributed by atoms with Gasteiger partial charge < -0.3 is 4.74 Å². The summed E-state index contributed by atoms with van der Waals surface area (Å²) in [5.74, 6) is -0.309. The minimum absolute atomic E-state index is 0.309. The predicted molar refractivity (Wildman–Crippen MR) is 63.0 cm³/mol. The Morgan fingerprint density at radius 2 is 2.20 bits per heavy atom. The zero-order valence-electron chi connectivity index (χ0n) is 9.37. The van der Waals surface area contributed by atoms with Gasteiger partial charge in [-0.05, 0) is 32.2 Å².